The van der Waals surface area contributed by atoms with E-state index in [1.165, 1.54) is 128 Å². The normalized spacial score (nSPS) is 12.2. The largest absolute Gasteiger partial charge is 0.462 e. The van der Waals surface area contributed by atoms with E-state index < -0.39 is 6.10 Å². The van der Waals surface area contributed by atoms with Crippen molar-refractivity contribution in [3.8, 4) is 0 Å². The molecule has 0 aromatic carbocycles. The third-order valence-corrected chi connectivity index (χ3v) is 10.4. The van der Waals surface area contributed by atoms with E-state index in [0.717, 1.165) is 75.5 Å². The fourth-order valence-electron chi connectivity index (χ4n) is 6.88. The lowest BCUT2D eigenvalue weighted by atomic mass is 10.0. The molecular formula is C47H90O6. The van der Waals surface area contributed by atoms with E-state index in [1.807, 2.05) is 0 Å². The zero-order valence-corrected chi connectivity index (χ0v) is 36.3. The predicted octanol–water partition coefficient (Wildman–Crippen LogP) is 14.4. The van der Waals surface area contributed by atoms with Crippen molar-refractivity contribution in [1.29, 1.82) is 0 Å². The van der Waals surface area contributed by atoms with E-state index in [-0.39, 0.29) is 31.1 Å². The second-order valence-electron chi connectivity index (χ2n) is 17.5. The molecule has 0 aliphatic rings. The van der Waals surface area contributed by atoms with E-state index in [9.17, 15) is 14.4 Å². The minimum atomic E-state index is -0.762. The molecule has 6 nitrogen and oxygen atoms in total. The second-order valence-corrected chi connectivity index (χ2v) is 17.5. The molecule has 0 rings (SSSR count). The number of hydrogen-bond donors (Lipinski definition) is 0. The lowest BCUT2D eigenvalue weighted by Crippen LogP contribution is -2.30. The maximum absolute atomic E-state index is 12.7. The van der Waals surface area contributed by atoms with Crippen LogP contribution in [0.15, 0.2) is 0 Å². The van der Waals surface area contributed by atoms with Crippen LogP contribution < -0.4 is 0 Å². The Labute approximate surface area is 329 Å². The van der Waals surface area contributed by atoms with Crippen molar-refractivity contribution in [2.24, 2.45) is 17.8 Å². The van der Waals surface area contributed by atoms with E-state index in [1.54, 1.807) is 0 Å². The number of esters is 3. The van der Waals surface area contributed by atoms with Crippen molar-refractivity contribution in [3.05, 3.63) is 0 Å². The summed E-state index contributed by atoms with van der Waals surface area (Å²) in [4.78, 5) is 37.7. The minimum Gasteiger partial charge on any atom is -0.462 e. The summed E-state index contributed by atoms with van der Waals surface area (Å²) in [5, 5.41) is 0. The van der Waals surface area contributed by atoms with Crippen LogP contribution in [0.25, 0.3) is 0 Å². The van der Waals surface area contributed by atoms with Gasteiger partial charge >= 0.3 is 17.9 Å². The number of ether oxygens (including phenoxy) is 3. The van der Waals surface area contributed by atoms with Gasteiger partial charge in [-0.1, -0.05) is 208 Å². The predicted molar refractivity (Wildman–Crippen MR) is 224 cm³/mol. The molecule has 53 heavy (non-hydrogen) atoms. The molecule has 0 N–H and O–H groups in total. The first-order valence-corrected chi connectivity index (χ1v) is 23.1. The molecule has 0 saturated carbocycles. The van der Waals surface area contributed by atoms with Gasteiger partial charge in [-0.05, 0) is 37.0 Å². The molecular weight excluding hydrogens is 661 g/mol. The summed E-state index contributed by atoms with van der Waals surface area (Å²) in [6.07, 6.45) is 35.3. The van der Waals surface area contributed by atoms with E-state index in [4.69, 9.17) is 14.2 Å². The third-order valence-electron chi connectivity index (χ3n) is 10.4. The molecule has 0 aromatic heterocycles. The van der Waals surface area contributed by atoms with Crippen molar-refractivity contribution in [2.45, 2.75) is 253 Å². The zero-order valence-electron chi connectivity index (χ0n) is 36.3. The van der Waals surface area contributed by atoms with Crippen LogP contribution in [0.3, 0.4) is 0 Å². The summed E-state index contributed by atoms with van der Waals surface area (Å²) in [5.41, 5.74) is 0. The highest BCUT2D eigenvalue weighted by molar-refractivity contribution is 5.71. The molecule has 0 aliphatic heterocycles. The van der Waals surface area contributed by atoms with Crippen LogP contribution in [0.1, 0.15) is 247 Å². The molecule has 0 aliphatic carbocycles. The summed E-state index contributed by atoms with van der Waals surface area (Å²) >= 11 is 0. The molecule has 314 valence electrons. The molecule has 0 radical (unpaired) electrons. The van der Waals surface area contributed by atoms with Gasteiger partial charge in [-0.25, -0.2) is 0 Å². The van der Waals surface area contributed by atoms with E-state index >= 15 is 0 Å². The van der Waals surface area contributed by atoms with Crippen LogP contribution in [-0.4, -0.2) is 37.2 Å². The minimum absolute atomic E-state index is 0.0666. The quantitative estimate of drug-likeness (QED) is 0.0352. The van der Waals surface area contributed by atoms with Gasteiger partial charge in [-0.15, -0.1) is 0 Å². The Morgan fingerprint density at radius 1 is 0.321 bits per heavy atom. The van der Waals surface area contributed by atoms with E-state index in [2.05, 4.69) is 41.5 Å². The average molecular weight is 751 g/mol. The van der Waals surface area contributed by atoms with Gasteiger partial charge in [-0.2, -0.15) is 0 Å². The van der Waals surface area contributed by atoms with Gasteiger partial charge in [0.15, 0.2) is 6.10 Å². The zero-order chi connectivity index (χ0) is 39.2. The lowest BCUT2D eigenvalue weighted by molar-refractivity contribution is -0.167. The lowest BCUT2D eigenvalue weighted by Gasteiger charge is -2.18. The molecule has 0 unspecified atom stereocenters. The molecule has 0 heterocycles. The standard InChI is InChI=1S/C47H90O6/c1-41(2)33-27-21-15-11-7-9-13-17-24-30-36-45(48)51-39-44(40-52-46(49)37-31-25-20-19-23-29-35-43(5)6)53-47(50)38-32-26-18-14-10-8-12-16-22-28-34-42(3)4/h41-44H,7-40H2,1-6H3/t44-/m0/s1. The number of carbonyl (C=O) groups is 3. The molecule has 0 amide bonds. The Kier molecular flexibility index (Phi) is 37.5. The molecule has 6 heteroatoms. The van der Waals surface area contributed by atoms with Crippen molar-refractivity contribution in [3.63, 3.8) is 0 Å². The maximum Gasteiger partial charge on any atom is 0.306 e. The molecule has 0 saturated heterocycles. The molecule has 0 aromatic rings. The van der Waals surface area contributed by atoms with Crippen LogP contribution in [0.5, 0.6) is 0 Å². The number of unbranched alkanes of at least 4 members (excludes halogenated alkanes) is 23. The van der Waals surface area contributed by atoms with Crippen molar-refractivity contribution in [1.82, 2.24) is 0 Å². The summed E-state index contributed by atoms with van der Waals surface area (Å²) < 4.78 is 16.7. The van der Waals surface area contributed by atoms with Crippen molar-refractivity contribution < 1.29 is 28.6 Å². The first kappa shape index (κ1) is 51.4. The monoisotopic (exact) mass is 751 g/mol. The summed E-state index contributed by atoms with van der Waals surface area (Å²) in [7, 11) is 0. The first-order valence-electron chi connectivity index (χ1n) is 23.1. The van der Waals surface area contributed by atoms with Crippen LogP contribution in [0.4, 0.5) is 0 Å². The van der Waals surface area contributed by atoms with Gasteiger partial charge in [0.2, 0.25) is 0 Å². The second kappa shape index (κ2) is 38.7. The number of rotatable bonds is 40. The van der Waals surface area contributed by atoms with Crippen LogP contribution in [0.2, 0.25) is 0 Å². The van der Waals surface area contributed by atoms with Crippen molar-refractivity contribution >= 4 is 17.9 Å². The third kappa shape index (κ3) is 41.4. The highest BCUT2D eigenvalue weighted by atomic mass is 16.6. The Bertz CT molecular complexity index is 822. The van der Waals surface area contributed by atoms with Crippen LogP contribution >= 0.6 is 0 Å². The Balaban J connectivity index is 4.33. The van der Waals surface area contributed by atoms with Gasteiger partial charge in [0, 0.05) is 19.3 Å². The first-order chi connectivity index (χ1) is 25.6. The van der Waals surface area contributed by atoms with Gasteiger partial charge < -0.3 is 14.2 Å². The fourth-order valence-corrected chi connectivity index (χ4v) is 6.88. The highest BCUT2D eigenvalue weighted by Crippen LogP contribution is 2.17. The Morgan fingerprint density at radius 3 is 0.811 bits per heavy atom. The van der Waals surface area contributed by atoms with Crippen LogP contribution in [-0.2, 0) is 28.6 Å². The van der Waals surface area contributed by atoms with Crippen LogP contribution in [0, 0.1) is 17.8 Å². The Hall–Kier alpha value is -1.59. The topological polar surface area (TPSA) is 78.9 Å². The number of carbonyl (C=O) groups excluding carboxylic acids is 3. The van der Waals surface area contributed by atoms with Gasteiger partial charge in [-0.3, -0.25) is 14.4 Å². The highest BCUT2D eigenvalue weighted by Gasteiger charge is 2.19. The van der Waals surface area contributed by atoms with Gasteiger partial charge in [0.1, 0.15) is 13.2 Å². The molecule has 0 bridgehead atoms. The maximum atomic E-state index is 12.7. The van der Waals surface area contributed by atoms with Crippen molar-refractivity contribution in [2.75, 3.05) is 13.2 Å². The summed E-state index contributed by atoms with van der Waals surface area (Å²) in [6, 6.07) is 0. The van der Waals surface area contributed by atoms with Gasteiger partial charge in [0.25, 0.3) is 0 Å². The molecule has 0 fully saturated rings. The smallest absolute Gasteiger partial charge is 0.306 e. The van der Waals surface area contributed by atoms with E-state index in [0.29, 0.717) is 19.3 Å². The average Bonchev–Trinajstić information content (AvgIpc) is 3.11. The summed E-state index contributed by atoms with van der Waals surface area (Å²) in [6.45, 7) is 13.6. The fraction of sp³-hybridized carbons (Fsp3) is 0.936. The molecule has 0 spiro atoms. The van der Waals surface area contributed by atoms with Gasteiger partial charge in [0.05, 0.1) is 0 Å². The molecule has 1 atom stereocenters. The summed E-state index contributed by atoms with van der Waals surface area (Å²) in [5.74, 6) is 1.53. The Morgan fingerprint density at radius 2 is 0.547 bits per heavy atom. The number of hydrogen-bond acceptors (Lipinski definition) is 6. The SMILES string of the molecule is CC(C)CCCCCCCCCCCCC(=O)OC[C@@H](COC(=O)CCCCCCCCC(C)C)OC(=O)CCCCCCCCCCCCC(C)C.